The lowest BCUT2D eigenvalue weighted by Gasteiger charge is -2.32. The molecule has 1 aromatic carbocycles. The summed E-state index contributed by atoms with van der Waals surface area (Å²) in [4.78, 5) is 25.6. The van der Waals surface area contributed by atoms with Crippen molar-refractivity contribution in [3.05, 3.63) is 41.6 Å². The standard InChI is InChI=1S/C17H21N5O4S/c1-11-9-15(21(2)19-11)22-8-4-7-14(17(22)24)20-27(25,26)13-6-3-5-12(10-13)16(18)23/h3,5-6,9-10,14,20H,4,7-8H2,1-2H3,(H2,18,23)/t14-/m1/s1. The number of carbonyl (C=O) groups excluding carboxylic acids is 2. The van der Waals surface area contributed by atoms with Crippen LogP contribution in [0.25, 0.3) is 0 Å². The second kappa shape index (κ2) is 7.12. The molecule has 2 aromatic rings. The van der Waals surface area contributed by atoms with Crippen LogP contribution in [-0.2, 0) is 21.9 Å². The minimum Gasteiger partial charge on any atom is -0.366 e. The van der Waals surface area contributed by atoms with E-state index in [-0.39, 0.29) is 16.4 Å². The van der Waals surface area contributed by atoms with Gasteiger partial charge in [-0.1, -0.05) is 6.07 Å². The molecule has 1 aliphatic heterocycles. The van der Waals surface area contributed by atoms with E-state index in [9.17, 15) is 18.0 Å². The molecule has 144 valence electrons. The molecule has 3 rings (SSSR count). The molecular weight excluding hydrogens is 370 g/mol. The SMILES string of the molecule is Cc1cc(N2CCC[C@@H](NS(=O)(=O)c3cccc(C(N)=O)c3)C2=O)n(C)n1. The largest absolute Gasteiger partial charge is 0.366 e. The van der Waals surface area contributed by atoms with Gasteiger partial charge < -0.3 is 5.73 Å². The number of rotatable bonds is 5. The number of aromatic nitrogens is 2. The zero-order valence-electron chi connectivity index (χ0n) is 15.0. The number of hydrogen-bond donors (Lipinski definition) is 2. The molecule has 2 heterocycles. The van der Waals surface area contributed by atoms with Crippen molar-refractivity contribution in [3.8, 4) is 0 Å². The number of amides is 2. The second-order valence-corrected chi connectivity index (χ2v) is 8.18. The quantitative estimate of drug-likeness (QED) is 0.758. The molecule has 1 atom stereocenters. The Morgan fingerprint density at radius 1 is 1.33 bits per heavy atom. The smallest absolute Gasteiger partial charge is 0.248 e. The van der Waals surface area contributed by atoms with Gasteiger partial charge in [0.25, 0.3) is 0 Å². The highest BCUT2D eigenvalue weighted by Crippen LogP contribution is 2.23. The Balaban J connectivity index is 1.84. The second-order valence-electron chi connectivity index (χ2n) is 6.47. The molecule has 1 aromatic heterocycles. The molecule has 0 saturated carbocycles. The van der Waals surface area contributed by atoms with Crippen LogP contribution in [0.2, 0.25) is 0 Å². The van der Waals surface area contributed by atoms with Crippen LogP contribution < -0.4 is 15.4 Å². The van der Waals surface area contributed by atoms with Crippen molar-refractivity contribution in [2.45, 2.75) is 30.7 Å². The molecule has 0 spiro atoms. The highest BCUT2D eigenvalue weighted by atomic mass is 32.2. The topological polar surface area (TPSA) is 127 Å². The monoisotopic (exact) mass is 391 g/mol. The first kappa shape index (κ1) is 19.1. The molecule has 10 heteroatoms. The number of benzene rings is 1. The molecule has 0 radical (unpaired) electrons. The number of sulfonamides is 1. The molecule has 9 nitrogen and oxygen atoms in total. The maximum absolute atomic E-state index is 12.9. The number of anilines is 1. The number of hydrogen-bond acceptors (Lipinski definition) is 5. The Morgan fingerprint density at radius 3 is 2.70 bits per heavy atom. The van der Waals surface area contributed by atoms with E-state index in [2.05, 4.69) is 9.82 Å². The van der Waals surface area contributed by atoms with Crippen LogP contribution in [0.3, 0.4) is 0 Å². The van der Waals surface area contributed by atoms with E-state index >= 15 is 0 Å². The number of nitrogens with two attached hydrogens (primary N) is 1. The van der Waals surface area contributed by atoms with E-state index in [0.29, 0.717) is 25.2 Å². The Kier molecular flexibility index (Phi) is 5.03. The van der Waals surface area contributed by atoms with Gasteiger partial charge in [-0.3, -0.25) is 19.2 Å². The Morgan fingerprint density at radius 2 is 2.07 bits per heavy atom. The number of nitrogens with one attached hydrogen (secondary N) is 1. The van der Waals surface area contributed by atoms with Gasteiger partial charge in [-0.05, 0) is 38.0 Å². The fourth-order valence-electron chi connectivity index (χ4n) is 3.13. The normalized spacial score (nSPS) is 17.9. The summed E-state index contributed by atoms with van der Waals surface area (Å²) >= 11 is 0. The number of primary amides is 1. The van der Waals surface area contributed by atoms with Gasteiger partial charge >= 0.3 is 0 Å². The third-order valence-corrected chi connectivity index (χ3v) is 5.89. The fourth-order valence-corrected chi connectivity index (χ4v) is 4.40. The van der Waals surface area contributed by atoms with E-state index in [1.165, 1.54) is 29.2 Å². The van der Waals surface area contributed by atoms with Gasteiger partial charge in [-0.2, -0.15) is 9.82 Å². The third-order valence-electron chi connectivity index (χ3n) is 4.42. The van der Waals surface area contributed by atoms with Crippen LogP contribution in [0.15, 0.2) is 35.2 Å². The molecule has 0 unspecified atom stereocenters. The van der Waals surface area contributed by atoms with E-state index in [4.69, 9.17) is 5.73 Å². The number of piperidine rings is 1. The summed E-state index contributed by atoms with van der Waals surface area (Å²) in [5.74, 6) is -0.436. The molecule has 3 N–H and O–H groups in total. The average Bonchev–Trinajstić information content (AvgIpc) is 2.95. The van der Waals surface area contributed by atoms with Crippen LogP contribution in [0.1, 0.15) is 28.9 Å². The maximum atomic E-state index is 12.9. The molecule has 27 heavy (non-hydrogen) atoms. The van der Waals surface area contributed by atoms with Gasteiger partial charge in [-0.25, -0.2) is 8.42 Å². The van der Waals surface area contributed by atoms with Crippen molar-refractivity contribution >= 4 is 27.7 Å². The lowest BCUT2D eigenvalue weighted by Crippen LogP contribution is -2.52. The van der Waals surface area contributed by atoms with Crippen LogP contribution >= 0.6 is 0 Å². The van der Waals surface area contributed by atoms with Gasteiger partial charge in [0.15, 0.2) is 0 Å². The lowest BCUT2D eigenvalue weighted by atomic mass is 10.1. The number of carbonyl (C=O) groups is 2. The van der Waals surface area contributed by atoms with E-state index in [0.717, 1.165) is 5.69 Å². The summed E-state index contributed by atoms with van der Waals surface area (Å²) in [6.07, 6.45) is 1.03. The Labute approximate surface area is 157 Å². The fraction of sp³-hybridized carbons (Fsp3) is 0.353. The first-order valence-corrected chi connectivity index (χ1v) is 9.91. The summed E-state index contributed by atoms with van der Waals surface area (Å²) in [6, 6.07) is 6.30. The molecule has 1 fully saturated rings. The van der Waals surface area contributed by atoms with Gasteiger partial charge in [-0.15, -0.1) is 0 Å². The van der Waals surface area contributed by atoms with Crippen LogP contribution in [0.4, 0.5) is 5.82 Å². The summed E-state index contributed by atoms with van der Waals surface area (Å²) in [5, 5.41) is 4.23. The van der Waals surface area contributed by atoms with Crippen molar-refractivity contribution in [2.75, 3.05) is 11.4 Å². The van der Waals surface area contributed by atoms with Crippen molar-refractivity contribution < 1.29 is 18.0 Å². The first-order chi connectivity index (χ1) is 12.7. The van der Waals surface area contributed by atoms with Crippen molar-refractivity contribution in [2.24, 2.45) is 12.8 Å². The minimum atomic E-state index is -3.99. The van der Waals surface area contributed by atoms with Crippen LogP contribution in [-0.4, -0.2) is 42.6 Å². The van der Waals surface area contributed by atoms with Crippen LogP contribution in [0, 0.1) is 6.92 Å². The zero-order valence-corrected chi connectivity index (χ0v) is 15.9. The molecule has 1 aliphatic rings. The van der Waals surface area contributed by atoms with Crippen molar-refractivity contribution in [1.82, 2.24) is 14.5 Å². The van der Waals surface area contributed by atoms with E-state index < -0.39 is 22.0 Å². The molecule has 1 saturated heterocycles. The van der Waals surface area contributed by atoms with Crippen molar-refractivity contribution in [3.63, 3.8) is 0 Å². The summed E-state index contributed by atoms with van der Waals surface area (Å²) in [6.45, 7) is 2.32. The number of nitrogens with zero attached hydrogens (tertiary/aromatic N) is 3. The molecule has 2 amide bonds. The summed E-state index contributed by atoms with van der Waals surface area (Å²) < 4.78 is 29.4. The van der Waals surface area contributed by atoms with E-state index in [1.807, 2.05) is 6.92 Å². The summed E-state index contributed by atoms with van der Waals surface area (Å²) in [7, 11) is -2.25. The van der Waals surface area contributed by atoms with Crippen molar-refractivity contribution in [1.29, 1.82) is 0 Å². The van der Waals surface area contributed by atoms with Gasteiger partial charge in [0.05, 0.1) is 10.6 Å². The predicted molar refractivity (Wildman–Crippen MR) is 98.6 cm³/mol. The molecular formula is C17H21N5O4S. The first-order valence-electron chi connectivity index (χ1n) is 8.43. The Bertz CT molecular complexity index is 999. The maximum Gasteiger partial charge on any atom is 0.248 e. The summed E-state index contributed by atoms with van der Waals surface area (Å²) in [5.41, 5.74) is 6.06. The third kappa shape index (κ3) is 3.86. The highest BCUT2D eigenvalue weighted by Gasteiger charge is 2.34. The van der Waals surface area contributed by atoms with Crippen LogP contribution in [0.5, 0.6) is 0 Å². The van der Waals surface area contributed by atoms with E-state index in [1.54, 1.807) is 17.8 Å². The number of aryl methyl sites for hydroxylation is 2. The average molecular weight is 391 g/mol. The molecule has 0 aliphatic carbocycles. The van der Waals surface area contributed by atoms with Gasteiger partial charge in [0, 0.05) is 25.2 Å². The lowest BCUT2D eigenvalue weighted by molar-refractivity contribution is -0.121. The zero-order chi connectivity index (χ0) is 19.8. The molecule has 0 bridgehead atoms. The van der Waals surface area contributed by atoms with Gasteiger partial charge in [0.1, 0.15) is 11.9 Å². The predicted octanol–water partition coefficient (Wildman–Crippen LogP) is 0.301. The van der Waals surface area contributed by atoms with Gasteiger partial charge in [0.2, 0.25) is 21.8 Å². The Hall–Kier alpha value is -2.72. The highest BCUT2D eigenvalue weighted by molar-refractivity contribution is 7.89. The minimum absolute atomic E-state index is 0.0832.